The third-order valence-electron chi connectivity index (χ3n) is 5.51. The van der Waals surface area contributed by atoms with E-state index < -0.39 is 0 Å². The Hall–Kier alpha value is -1.63. The summed E-state index contributed by atoms with van der Waals surface area (Å²) in [7, 11) is 0. The smallest absolute Gasteiger partial charge is 0.176 e. The molecule has 0 amide bonds. The summed E-state index contributed by atoms with van der Waals surface area (Å²) in [6, 6.07) is 10.3. The first kappa shape index (κ1) is 18.2. The molecule has 3 nitrogen and oxygen atoms in total. The molecule has 1 aliphatic heterocycles. The number of allylic oxidation sites excluding steroid dienone is 1. The predicted molar refractivity (Wildman–Crippen MR) is 99.1 cm³/mol. The lowest BCUT2D eigenvalue weighted by atomic mass is 9.78. The highest BCUT2D eigenvalue weighted by Gasteiger charge is 2.23. The lowest BCUT2D eigenvalue weighted by molar-refractivity contribution is -0.175. The van der Waals surface area contributed by atoms with Gasteiger partial charge in [0.25, 0.3) is 0 Å². The molecule has 0 radical (unpaired) electrons. The Bertz CT molecular complexity index is 585. The quantitative estimate of drug-likeness (QED) is 0.694. The van der Waals surface area contributed by atoms with Gasteiger partial charge in [-0.2, -0.15) is 5.26 Å². The van der Waals surface area contributed by atoms with E-state index in [0.29, 0.717) is 17.8 Å². The molecule has 3 heteroatoms. The number of ether oxygens (including phenoxy) is 2. The highest BCUT2D eigenvalue weighted by molar-refractivity contribution is 5.33. The van der Waals surface area contributed by atoms with Crippen molar-refractivity contribution in [2.45, 2.75) is 57.7 Å². The first-order valence-electron chi connectivity index (χ1n) is 9.70. The first-order valence-corrected chi connectivity index (χ1v) is 9.70. The van der Waals surface area contributed by atoms with Crippen LogP contribution in [0.15, 0.2) is 36.4 Å². The van der Waals surface area contributed by atoms with E-state index in [9.17, 15) is 0 Å². The Morgan fingerprint density at radius 1 is 1.04 bits per heavy atom. The average molecular weight is 339 g/mol. The normalized spacial score (nSPS) is 30.2. The van der Waals surface area contributed by atoms with E-state index in [1.807, 2.05) is 12.1 Å². The van der Waals surface area contributed by atoms with E-state index in [4.69, 9.17) is 14.7 Å². The number of rotatable bonds is 5. The van der Waals surface area contributed by atoms with Gasteiger partial charge in [-0.15, -0.1) is 0 Å². The topological polar surface area (TPSA) is 42.2 Å². The van der Waals surface area contributed by atoms with Crippen molar-refractivity contribution < 1.29 is 9.47 Å². The van der Waals surface area contributed by atoms with Gasteiger partial charge in [0.05, 0.1) is 24.8 Å². The second-order valence-electron chi connectivity index (χ2n) is 7.42. The average Bonchev–Trinajstić information content (AvgIpc) is 2.68. The SMILES string of the molecule is CCCC1COC(C=CC2CCC(c3ccc(C#N)cc3)CC2)OC1. The van der Waals surface area contributed by atoms with Crippen molar-refractivity contribution in [3.63, 3.8) is 0 Å². The molecule has 0 aromatic heterocycles. The minimum absolute atomic E-state index is 0.149. The summed E-state index contributed by atoms with van der Waals surface area (Å²) in [5, 5.41) is 8.90. The molecule has 2 fully saturated rings. The highest BCUT2D eigenvalue weighted by atomic mass is 16.7. The molecule has 3 rings (SSSR count). The number of benzene rings is 1. The summed E-state index contributed by atoms with van der Waals surface area (Å²) in [4.78, 5) is 0. The zero-order valence-corrected chi connectivity index (χ0v) is 15.2. The van der Waals surface area contributed by atoms with Gasteiger partial charge in [-0.05, 0) is 67.7 Å². The fourth-order valence-corrected chi connectivity index (χ4v) is 3.97. The van der Waals surface area contributed by atoms with E-state index in [1.54, 1.807) is 0 Å². The van der Waals surface area contributed by atoms with Crippen LogP contribution in [0.3, 0.4) is 0 Å². The van der Waals surface area contributed by atoms with E-state index >= 15 is 0 Å². The van der Waals surface area contributed by atoms with Gasteiger partial charge in [-0.1, -0.05) is 31.6 Å². The van der Waals surface area contributed by atoms with Gasteiger partial charge >= 0.3 is 0 Å². The molecule has 1 heterocycles. The van der Waals surface area contributed by atoms with Crippen LogP contribution < -0.4 is 0 Å². The van der Waals surface area contributed by atoms with Gasteiger partial charge in [0.1, 0.15) is 0 Å². The molecule has 0 atom stereocenters. The van der Waals surface area contributed by atoms with Crippen molar-refractivity contribution in [2.24, 2.45) is 11.8 Å². The van der Waals surface area contributed by atoms with Crippen LogP contribution in [0.4, 0.5) is 0 Å². The Kier molecular flexibility index (Phi) is 6.67. The summed E-state index contributed by atoms with van der Waals surface area (Å²) in [6.07, 6.45) is 11.5. The maximum absolute atomic E-state index is 8.90. The molecule has 0 spiro atoms. The Labute approximate surface area is 151 Å². The third-order valence-corrected chi connectivity index (χ3v) is 5.51. The highest BCUT2D eigenvalue weighted by Crippen LogP contribution is 2.36. The molecule has 1 aliphatic carbocycles. The molecular formula is C22H29NO2. The van der Waals surface area contributed by atoms with Crippen LogP contribution in [0.1, 0.15) is 62.5 Å². The molecule has 1 aromatic carbocycles. The fourth-order valence-electron chi connectivity index (χ4n) is 3.97. The molecule has 25 heavy (non-hydrogen) atoms. The minimum atomic E-state index is -0.149. The van der Waals surface area contributed by atoms with E-state index in [1.165, 1.54) is 44.1 Å². The largest absolute Gasteiger partial charge is 0.349 e. The summed E-state index contributed by atoms with van der Waals surface area (Å²) in [6.45, 7) is 3.86. The van der Waals surface area contributed by atoms with Crippen LogP contribution in [0.2, 0.25) is 0 Å². The van der Waals surface area contributed by atoms with E-state index in [-0.39, 0.29) is 6.29 Å². The monoisotopic (exact) mass is 339 g/mol. The second kappa shape index (κ2) is 9.17. The van der Waals surface area contributed by atoms with Crippen LogP contribution in [-0.4, -0.2) is 19.5 Å². The van der Waals surface area contributed by atoms with Gasteiger partial charge < -0.3 is 9.47 Å². The Balaban J connectivity index is 1.42. The second-order valence-corrected chi connectivity index (χ2v) is 7.42. The molecule has 1 saturated carbocycles. The van der Waals surface area contributed by atoms with Gasteiger partial charge in [0.2, 0.25) is 0 Å². The molecule has 1 aromatic rings. The van der Waals surface area contributed by atoms with Crippen LogP contribution in [-0.2, 0) is 9.47 Å². The van der Waals surface area contributed by atoms with Crippen molar-refractivity contribution >= 4 is 0 Å². The first-order chi connectivity index (χ1) is 12.3. The third kappa shape index (κ3) is 5.17. The molecule has 1 saturated heterocycles. The van der Waals surface area contributed by atoms with Gasteiger partial charge in [-0.25, -0.2) is 0 Å². The molecule has 0 N–H and O–H groups in total. The molecular weight excluding hydrogens is 310 g/mol. The summed E-state index contributed by atoms with van der Waals surface area (Å²) >= 11 is 0. The zero-order valence-electron chi connectivity index (χ0n) is 15.2. The van der Waals surface area contributed by atoms with Gasteiger partial charge in [0, 0.05) is 5.92 Å². The molecule has 0 unspecified atom stereocenters. The molecule has 134 valence electrons. The number of hydrogen-bond acceptors (Lipinski definition) is 3. The summed E-state index contributed by atoms with van der Waals surface area (Å²) in [5.74, 6) is 1.84. The Morgan fingerprint density at radius 2 is 1.72 bits per heavy atom. The van der Waals surface area contributed by atoms with Crippen LogP contribution in [0, 0.1) is 23.2 Å². The number of hydrogen-bond donors (Lipinski definition) is 0. The maximum Gasteiger partial charge on any atom is 0.176 e. The fraction of sp³-hybridized carbons (Fsp3) is 0.591. The Morgan fingerprint density at radius 3 is 2.32 bits per heavy atom. The van der Waals surface area contributed by atoms with E-state index in [0.717, 1.165) is 18.8 Å². The summed E-state index contributed by atoms with van der Waals surface area (Å²) in [5.41, 5.74) is 2.12. The number of nitrogens with zero attached hydrogens (tertiary/aromatic N) is 1. The van der Waals surface area contributed by atoms with Crippen molar-refractivity contribution in [3.05, 3.63) is 47.5 Å². The molecule has 0 bridgehead atoms. The van der Waals surface area contributed by atoms with Crippen LogP contribution in [0.25, 0.3) is 0 Å². The predicted octanol–water partition coefficient (Wildman–Crippen LogP) is 5.18. The summed E-state index contributed by atoms with van der Waals surface area (Å²) < 4.78 is 11.6. The zero-order chi connectivity index (χ0) is 17.5. The maximum atomic E-state index is 8.90. The lowest BCUT2D eigenvalue weighted by Gasteiger charge is -2.29. The number of nitriles is 1. The van der Waals surface area contributed by atoms with E-state index in [2.05, 4.69) is 37.3 Å². The van der Waals surface area contributed by atoms with Gasteiger partial charge in [-0.3, -0.25) is 0 Å². The van der Waals surface area contributed by atoms with Crippen molar-refractivity contribution in [3.8, 4) is 6.07 Å². The van der Waals surface area contributed by atoms with Crippen LogP contribution >= 0.6 is 0 Å². The minimum Gasteiger partial charge on any atom is -0.349 e. The van der Waals surface area contributed by atoms with Crippen LogP contribution in [0.5, 0.6) is 0 Å². The standard InChI is InChI=1S/C22H29NO2/c1-2-3-19-15-24-22(25-16-19)13-8-17-4-9-20(10-5-17)21-11-6-18(14-23)7-12-21/h6-8,11-13,17,19-20,22H,2-5,9-10,15-16H2,1H3. The van der Waals surface area contributed by atoms with Crippen molar-refractivity contribution in [1.29, 1.82) is 5.26 Å². The van der Waals surface area contributed by atoms with Crippen molar-refractivity contribution in [2.75, 3.05) is 13.2 Å². The van der Waals surface area contributed by atoms with Crippen molar-refractivity contribution in [1.82, 2.24) is 0 Å². The lowest BCUT2D eigenvalue weighted by Crippen LogP contribution is -2.30. The molecule has 2 aliphatic rings. The van der Waals surface area contributed by atoms with Gasteiger partial charge in [0.15, 0.2) is 6.29 Å².